The number of halogens is 2. The number of nitrogens with one attached hydrogen (secondary N) is 2. The summed E-state index contributed by atoms with van der Waals surface area (Å²) in [7, 11) is -6.67. The van der Waals surface area contributed by atoms with Crippen LogP contribution in [0, 0.1) is 0 Å². The van der Waals surface area contributed by atoms with Crippen LogP contribution in [0.15, 0.2) is 107 Å². The van der Waals surface area contributed by atoms with E-state index in [4.69, 9.17) is 27.9 Å². The second-order valence-electron chi connectivity index (χ2n) is 8.32. The number of hydrogen-bond donors (Lipinski definition) is 2. The van der Waals surface area contributed by atoms with Gasteiger partial charge in [-0.05, 0) is 78.9 Å². The van der Waals surface area contributed by atoms with Crippen molar-refractivity contribution in [3.63, 3.8) is 0 Å². The van der Waals surface area contributed by atoms with Gasteiger partial charge in [-0.3, -0.25) is 13.8 Å². The van der Waals surface area contributed by atoms with Gasteiger partial charge in [0.15, 0.2) is 0 Å². The van der Waals surface area contributed by atoms with Gasteiger partial charge >= 0.3 is 0 Å². The van der Waals surface area contributed by atoms with Crippen LogP contribution in [-0.4, -0.2) is 36.4 Å². The maximum absolute atomic E-state index is 13.5. The molecule has 4 rings (SSSR count). The number of nitrogens with zero attached hydrogens (tertiary/aromatic N) is 1. The number of carbonyl (C=O) groups is 1. The molecule has 40 heavy (non-hydrogen) atoms. The van der Waals surface area contributed by atoms with E-state index < -0.39 is 32.5 Å². The van der Waals surface area contributed by atoms with Crippen molar-refractivity contribution in [3.8, 4) is 5.75 Å². The van der Waals surface area contributed by atoms with E-state index in [1.54, 1.807) is 30.3 Å². The Hall–Kier alpha value is -3.77. The summed E-state index contributed by atoms with van der Waals surface area (Å²) in [6, 6.07) is 23.6. The summed E-state index contributed by atoms with van der Waals surface area (Å²) in [4.78, 5) is 12.9. The highest BCUT2D eigenvalue weighted by molar-refractivity contribution is 7.93. The van der Waals surface area contributed by atoms with Gasteiger partial charge in [-0.25, -0.2) is 16.8 Å². The number of amides is 1. The molecule has 208 valence electrons. The minimum Gasteiger partial charge on any atom is -0.497 e. The van der Waals surface area contributed by atoms with Gasteiger partial charge in [0.1, 0.15) is 12.3 Å². The van der Waals surface area contributed by atoms with Crippen molar-refractivity contribution in [1.82, 2.24) is 0 Å². The van der Waals surface area contributed by atoms with Crippen LogP contribution in [0.25, 0.3) is 0 Å². The Bertz CT molecular complexity index is 1730. The summed E-state index contributed by atoms with van der Waals surface area (Å²) in [6.45, 7) is -0.581. The molecule has 0 unspecified atom stereocenters. The van der Waals surface area contributed by atoms with E-state index in [1.807, 2.05) is 0 Å². The lowest BCUT2D eigenvalue weighted by Gasteiger charge is -2.24. The first-order valence-corrected chi connectivity index (χ1v) is 15.3. The molecule has 0 aromatic heterocycles. The average Bonchev–Trinajstić information content (AvgIpc) is 2.93. The average molecular weight is 621 g/mol. The second-order valence-corrected chi connectivity index (χ2v) is 12.7. The minimum atomic E-state index is -4.18. The third-order valence-electron chi connectivity index (χ3n) is 5.60. The van der Waals surface area contributed by atoms with Crippen LogP contribution in [0.5, 0.6) is 5.75 Å². The molecule has 0 radical (unpaired) electrons. The van der Waals surface area contributed by atoms with Gasteiger partial charge < -0.3 is 10.1 Å². The van der Waals surface area contributed by atoms with Crippen LogP contribution in [0.1, 0.15) is 0 Å². The first-order chi connectivity index (χ1) is 19.0. The number of hydrogen-bond acceptors (Lipinski definition) is 6. The van der Waals surface area contributed by atoms with Crippen LogP contribution in [0.3, 0.4) is 0 Å². The summed E-state index contributed by atoms with van der Waals surface area (Å²) in [5.74, 6) is -0.194. The predicted octanol–water partition coefficient (Wildman–Crippen LogP) is 5.64. The minimum absolute atomic E-state index is 0.0540. The number of benzene rings is 4. The van der Waals surface area contributed by atoms with Gasteiger partial charge in [-0.15, -0.1) is 0 Å². The zero-order valence-electron chi connectivity index (χ0n) is 20.9. The Morgan fingerprint density at radius 2 is 1.48 bits per heavy atom. The lowest BCUT2D eigenvalue weighted by molar-refractivity contribution is -0.114. The molecule has 0 aliphatic heterocycles. The van der Waals surface area contributed by atoms with Crippen LogP contribution < -0.4 is 19.1 Å². The number of para-hydroxylation sites is 1. The normalized spacial score (nSPS) is 11.5. The third kappa shape index (κ3) is 6.86. The lowest BCUT2D eigenvalue weighted by atomic mass is 10.3. The van der Waals surface area contributed by atoms with E-state index in [1.165, 1.54) is 73.8 Å². The molecule has 1 amide bonds. The quantitative estimate of drug-likeness (QED) is 0.237. The molecule has 0 heterocycles. The van der Waals surface area contributed by atoms with E-state index in [0.717, 1.165) is 4.31 Å². The molecule has 0 aliphatic rings. The van der Waals surface area contributed by atoms with Crippen molar-refractivity contribution >= 4 is 66.2 Å². The number of anilines is 3. The molecule has 0 saturated heterocycles. The number of rotatable bonds is 10. The molecule has 0 saturated carbocycles. The van der Waals surface area contributed by atoms with Crippen LogP contribution in [-0.2, 0) is 24.8 Å². The van der Waals surface area contributed by atoms with E-state index in [9.17, 15) is 21.6 Å². The Morgan fingerprint density at radius 1 is 0.825 bits per heavy atom. The molecule has 4 aromatic carbocycles. The molecular weight excluding hydrogens is 597 g/mol. The largest absolute Gasteiger partial charge is 0.497 e. The van der Waals surface area contributed by atoms with Gasteiger partial charge in [0, 0.05) is 10.7 Å². The molecule has 2 N–H and O–H groups in total. The highest BCUT2D eigenvalue weighted by atomic mass is 35.5. The smallest absolute Gasteiger partial charge is 0.264 e. The predicted molar refractivity (Wildman–Crippen MR) is 156 cm³/mol. The van der Waals surface area contributed by atoms with Gasteiger partial charge in [0.25, 0.3) is 20.0 Å². The molecule has 13 heteroatoms. The fraction of sp³-hybridized carbons (Fsp3) is 0.0741. The molecule has 0 spiro atoms. The summed E-state index contributed by atoms with van der Waals surface area (Å²) in [5.41, 5.74) is 0.667. The monoisotopic (exact) mass is 619 g/mol. The number of methoxy groups -OCH3 is 1. The lowest BCUT2D eigenvalue weighted by Crippen LogP contribution is -2.38. The third-order valence-corrected chi connectivity index (χ3v) is 9.33. The summed E-state index contributed by atoms with van der Waals surface area (Å²) >= 11 is 12.1. The van der Waals surface area contributed by atoms with Crippen molar-refractivity contribution in [2.24, 2.45) is 0 Å². The standard InChI is InChI=1S/C27H23Cl2N3O6S2/c1-38-22-11-15-24(16-12-22)40(36,37)32(21-6-4-5-19(28)17-21)18-27(33)30-20-9-13-23(14-10-20)39(34,35)31-26-8-3-2-7-25(26)29/h2-17,31H,18H2,1H3,(H,30,33). The maximum atomic E-state index is 13.5. The van der Waals surface area contributed by atoms with E-state index in [2.05, 4.69) is 10.0 Å². The van der Waals surface area contributed by atoms with Crippen molar-refractivity contribution in [2.75, 3.05) is 28.0 Å². The van der Waals surface area contributed by atoms with Crippen molar-refractivity contribution < 1.29 is 26.4 Å². The molecule has 4 aromatic rings. The highest BCUT2D eigenvalue weighted by Gasteiger charge is 2.28. The van der Waals surface area contributed by atoms with Gasteiger partial charge in [-0.1, -0.05) is 41.4 Å². The van der Waals surface area contributed by atoms with Crippen LogP contribution in [0.2, 0.25) is 10.0 Å². The highest BCUT2D eigenvalue weighted by Crippen LogP contribution is 2.28. The molecule has 0 aliphatic carbocycles. The maximum Gasteiger partial charge on any atom is 0.264 e. The van der Waals surface area contributed by atoms with Gasteiger partial charge in [0.2, 0.25) is 5.91 Å². The van der Waals surface area contributed by atoms with Crippen LogP contribution >= 0.6 is 23.2 Å². The molecule has 9 nitrogen and oxygen atoms in total. The molecular formula is C27H23Cl2N3O6S2. The SMILES string of the molecule is COc1ccc(S(=O)(=O)N(CC(=O)Nc2ccc(S(=O)(=O)Nc3ccccc3Cl)cc2)c2cccc(Cl)c2)cc1. The van der Waals surface area contributed by atoms with Gasteiger partial charge in [0.05, 0.1) is 33.3 Å². The Kier molecular flexibility index (Phi) is 8.89. The number of ether oxygens (including phenoxy) is 1. The van der Waals surface area contributed by atoms with Crippen molar-refractivity contribution in [3.05, 3.63) is 107 Å². The zero-order chi connectivity index (χ0) is 28.9. The zero-order valence-corrected chi connectivity index (χ0v) is 24.1. The summed E-state index contributed by atoms with van der Waals surface area (Å²) < 4.78 is 61.0. The van der Waals surface area contributed by atoms with Crippen molar-refractivity contribution in [2.45, 2.75) is 9.79 Å². The van der Waals surface area contributed by atoms with E-state index >= 15 is 0 Å². The Labute approximate surface area is 242 Å². The molecule has 0 fully saturated rings. The summed E-state index contributed by atoms with van der Waals surface area (Å²) in [6.07, 6.45) is 0. The molecule has 0 atom stereocenters. The molecule has 0 bridgehead atoms. The fourth-order valence-electron chi connectivity index (χ4n) is 3.62. The van der Waals surface area contributed by atoms with E-state index in [0.29, 0.717) is 5.75 Å². The Morgan fingerprint density at radius 3 is 2.10 bits per heavy atom. The Balaban J connectivity index is 1.54. The topological polar surface area (TPSA) is 122 Å². The second kappa shape index (κ2) is 12.2. The summed E-state index contributed by atoms with van der Waals surface area (Å²) in [5, 5.41) is 3.13. The van der Waals surface area contributed by atoms with Crippen LogP contribution in [0.4, 0.5) is 17.1 Å². The van der Waals surface area contributed by atoms with E-state index in [-0.39, 0.29) is 36.9 Å². The van der Waals surface area contributed by atoms with Gasteiger partial charge in [-0.2, -0.15) is 0 Å². The number of sulfonamides is 2. The number of carbonyl (C=O) groups excluding carboxylic acids is 1. The first-order valence-electron chi connectivity index (χ1n) is 11.6. The first kappa shape index (κ1) is 29.2. The van der Waals surface area contributed by atoms with Crippen molar-refractivity contribution in [1.29, 1.82) is 0 Å². The fourth-order valence-corrected chi connectivity index (χ4v) is 6.53.